The number of benzene rings is 2. The minimum Gasteiger partial charge on any atom is -0.508 e. The van der Waals surface area contributed by atoms with Crippen molar-refractivity contribution in [1.29, 1.82) is 0 Å². The Balaban J connectivity index is 0.00000432. The van der Waals surface area contributed by atoms with Crippen molar-refractivity contribution in [3.63, 3.8) is 0 Å². The van der Waals surface area contributed by atoms with Gasteiger partial charge in [-0.2, -0.15) is 0 Å². The average Bonchev–Trinajstić information content (AvgIpc) is 2.77. The molecule has 184 valence electrons. The second-order valence-corrected chi connectivity index (χ2v) is 7.26. The summed E-state index contributed by atoms with van der Waals surface area (Å²) in [4.78, 5) is 46.2. The Morgan fingerprint density at radius 3 is 2.20 bits per heavy atom. The third-order valence-corrected chi connectivity index (χ3v) is 4.79. The number of carboxylic acids is 1. The van der Waals surface area contributed by atoms with Gasteiger partial charge in [0, 0.05) is 36.4 Å². The maximum atomic E-state index is 11.6. The van der Waals surface area contributed by atoms with Crippen molar-refractivity contribution in [2.45, 2.75) is 18.9 Å². The van der Waals surface area contributed by atoms with E-state index in [9.17, 15) is 34.9 Å². The summed E-state index contributed by atoms with van der Waals surface area (Å²) in [5, 5.41) is 42.4. The van der Waals surface area contributed by atoms with Crippen LogP contribution < -0.4 is 16.0 Å². The highest BCUT2D eigenvalue weighted by atomic mass is 79.9. The van der Waals surface area contributed by atoms with Gasteiger partial charge in [0.15, 0.2) is 0 Å². The quantitative estimate of drug-likeness (QED) is 0.225. The predicted octanol–water partition coefficient (Wildman–Crippen LogP) is 2.81. The number of halogens is 1. The third kappa shape index (κ3) is 6.61. The first-order valence-corrected chi connectivity index (χ1v) is 9.66. The number of aromatic nitrogens is 1. The van der Waals surface area contributed by atoms with Gasteiger partial charge < -0.3 is 25.7 Å². The van der Waals surface area contributed by atoms with E-state index in [1.54, 1.807) is 6.07 Å². The number of hydrogen-bond acceptors (Lipinski definition) is 9. The molecule has 14 heteroatoms. The Hall–Kier alpha value is -4.30. The molecule has 0 amide bonds. The number of rotatable bonds is 9. The molecule has 0 aliphatic carbocycles. The van der Waals surface area contributed by atoms with Crippen LogP contribution in [0.15, 0.2) is 53.5 Å². The number of H-pyrrole nitrogens is 1. The topological polar surface area (TPSA) is 212 Å². The number of hydrogen-bond donors (Lipinski definition) is 4. The van der Waals surface area contributed by atoms with E-state index < -0.39 is 39.0 Å². The number of carbonyl (C=O) groups is 1. The molecule has 5 N–H and O–H groups in total. The van der Waals surface area contributed by atoms with Gasteiger partial charge in [0.25, 0.3) is 5.75 Å². The molecule has 0 aliphatic heterocycles. The molecule has 0 spiro atoms. The lowest BCUT2D eigenvalue weighted by Crippen LogP contribution is -2.32. The van der Waals surface area contributed by atoms with Crippen molar-refractivity contribution in [3.05, 3.63) is 95.9 Å². The summed E-state index contributed by atoms with van der Waals surface area (Å²) in [6.07, 6.45) is 1.24. The molecule has 1 heterocycles. The Morgan fingerprint density at radius 2 is 1.69 bits per heavy atom. The monoisotopic (exact) mass is 550 g/mol. The first-order valence-electron chi connectivity index (χ1n) is 9.66. The normalized spacial score (nSPS) is 11.2. The van der Waals surface area contributed by atoms with Crippen LogP contribution in [0.4, 0.5) is 11.4 Å². The van der Waals surface area contributed by atoms with Crippen molar-refractivity contribution >= 4 is 34.3 Å². The summed E-state index contributed by atoms with van der Waals surface area (Å²) < 4.78 is 5.52. The van der Waals surface area contributed by atoms with E-state index >= 15 is 0 Å². The van der Waals surface area contributed by atoms with Gasteiger partial charge in [-0.15, -0.1) is 17.0 Å². The Labute approximate surface area is 206 Å². The lowest BCUT2D eigenvalue weighted by atomic mass is 10.0. The molecule has 0 aliphatic rings. The molecular weight excluding hydrogens is 532 g/mol. The summed E-state index contributed by atoms with van der Waals surface area (Å²) in [6.45, 7) is 0. The molecule has 1 aromatic heterocycles. The van der Waals surface area contributed by atoms with Crippen molar-refractivity contribution in [1.82, 2.24) is 4.98 Å². The number of nitro groups is 2. The van der Waals surface area contributed by atoms with Crippen LogP contribution in [-0.4, -0.2) is 37.1 Å². The van der Waals surface area contributed by atoms with E-state index in [1.807, 2.05) is 0 Å². The van der Waals surface area contributed by atoms with Gasteiger partial charge in [-0.1, -0.05) is 6.07 Å². The van der Waals surface area contributed by atoms with Gasteiger partial charge in [-0.05, 0) is 35.7 Å². The minimum absolute atomic E-state index is 0. The number of aromatic hydroxyl groups is 1. The van der Waals surface area contributed by atoms with E-state index in [2.05, 4.69) is 4.98 Å². The highest BCUT2D eigenvalue weighted by Gasteiger charge is 2.30. The lowest BCUT2D eigenvalue weighted by Gasteiger charge is -2.12. The number of carboxylic acid groups (broad SMARTS) is 1. The van der Waals surface area contributed by atoms with Crippen LogP contribution in [0.2, 0.25) is 0 Å². The smallest absolute Gasteiger partial charge is 0.320 e. The highest BCUT2D eigenvalue weighted by molar-refractivity contribution is 8.93. The standard InChI is InChI=1S/C21H18N4O9.BrH/c22-15(21(28)29)6-12-7-16(24(30)31)20(17(8-12)25(32)33)34-14-2-3-18(26)13(9-14)5-11-1-4-19(27)23-10-11;/h1-4,7-10,15,26H,5-6,22H2,(H,23,27)(H,28,29);1H/t15-;/m0./s1. The first-order chi connectivity index (χ1) is 16.0. The number of nitrogens with one attached hydrogen (secondary N) is 1. The SMILES string of the molecule is Br.N[C@@H](Cc1cc([N+](=O)[O-])c(Oc2ccc(O)c(Cc3ccc(=O)[nH]c3)c2)c([N+](=O)[O-])c1)C(=O)O. The molecule has 13 nitrogen and oxygen atoms in total. The Bertz CT molecular complexity index is 1290. The third-order valence-electron chi connectivity index (χ3n) is 4.79. The lowest BCUT2D eigenvalue weighted by molar-refractivity contribution is -0.395. The number of pyridine rings is 1. The van der Waals surface area contributed by atoms with Crippen molar-refractivity contribution in [2.24, 2.45) is 5.73 Å². The largest absolute Gasteiger partial charge is 0.508 e. The van der Waals surface area contributed by atoms with Gasteiger partial charge in [0.1, 0.15) is 17.5 Å². The van der Waals surface area contributed by atoms with Crippen LogP contribution in [-0.2, 0) is 17.6 Å². The van der Waals surface area contributed by atoms with Gasteiger partial charge in [0.05, 0.1) is 9.85 Å². The van der Waals surface area contributed by atoms with E-state index in [1.165, 1.54) is 30.5 Å². The van der Waals surface area contributed by atoms with Gasteiger partial charge in [0.2, 0.25) is 5.56 Å². The van der Waals surface area contributed by atoms with Gasteiger partial charge in [-0.25, -0.2) is 0 Å². The summed E-state index contributed by atoms with van der Waals surface area (Å²) >= 11 is 0. The van der Waals surface area contributed by atoms with Crippen LogP contribution in [0.5, 0.6) is 17.2 Å². The van der Waals surface area contributed by atoms with Crippen molar-refractivity contribution in [3.8, 4) is 17.2 Å². The first kappa shape index (κ1) is 26.9. The molecule has 0 saturated carbocycles. The molecule has 0 unspecified atom stereocenters. The fourth-order valence-electron chi connectivity index (χ4n) is 3.15. The number of nitrogens with two attached hydrogens (primary N) is 1. The van der Waals surface area contributed by atoms with Crippen LogP contribution in [0.3, 0.4) is 0 Å². The van der Waals surface area contributed by atoms with E-state index in [0.717, 1.165) is 12.1 Å². The molecule has 0 fully saturated rings. The summed E-state index contributed by atoms with van der Waals surface area (Å²) in [5.41, 5.74) is 4.59. The molecule has 0 saturated heterocycles. The summed E-state index contributed by atoms with van der Waals surface area (Å²) in [5.74, 6) is -2.19. The number of ether oxygens (including phenoxy) is 1. The second kappa shape index (κ2) is 11.2. The molecule has 35 heavy (non-hydrogen) atoms. The number of nitro benzene ring substituents is 2. The predicted molar refractivity (Wildman–Crippen MR) is 127 cm³/mol. The van der Waals surface area contributed by atoms with Gasteiger partial charge in [-0.3, -0.25) is 29.8 Å². The van der Waals surface area contributed by atoms with Gasteiger partial charge >= 0.3 is 17.3 Å². The molecule has 0 bridgehead atoms. The maximum Gasteiger partial charge on any atom is 0.320 e. The molecular formula is C21H19BrN4O9. The van der Waals surface area contributed by atoms with E-state index in [0.29, 0.717) is 11.1 Å². The zero-order valence-electron chi connectivity index (χ0n) is 17.7. The number of nitrogens with zero attached hydrogens (tertiary/aromatic N) is 2. The van der Waals surface area contributed by atoms with Crippen LogP contribution in [0.25, 0.3) is 0 Å². The second-order valence-electron chi connectivity index (χ2n) is 7.26. The van der Waals surface area contributed by atoms with E-state index in [-0.39, 0.29) is 52.4 Å². The van der Waals surface area contributed by atoms with Crippen LogP contribution in [0.1, 0.15) is 16.7 Å². The number of phenols is 1. The molecule has 0 radical (unpaired) electrons. The fraction of sp³-hybridized carbons (Fsp3) is 0.143. The summed E-state index contributed by atoms with van der Waals surface area (Å²) in [7, 11) is 0. The number of aromatic amines is 1. The van der Waals surface area contributed by atoms with Crippen molar-refractivity contribution < 1.29 is 29.6 Å². The molecule has 3 rings (SSSR count). The zero-order chi connectivity index (χ0) is 25.0. The highest BCUT2D eigenvalue weighted by Crippen LogP contribution is 2.42. The Kier molecular flexibility index (Phi) is 8.64. The zero-order valence-corrected chi connectivity index (χ0v) is 19.5. The minimum atomic E-state index is -1.42. The van der Waals surface area contributed by atoms with Crippen LogP contribution >= 0.6 is 17.0 Å². The molecule has 1 atom stereocenters. The fourth-order valence-corrected chi connectivity index (χ4v) is 3.15. The summed E-state index contributed by atoms with van der Waals surface area (Å²) in [6, 6.07) is 7.24. The Morgan fingerprint density at radius 1 is 1.06 bits per heavy atom. The molecule has 3 aromatic rings. The van der Waals surface area contributed by atoms with Crippen molar-refractivity contribution in [2.75, 3.05) is 0 Å². The maximum absolute atomic E-state index is 11.6. The number of phenolic OH excluding ortho intramolecular Hbond substituents is 1. The molecule has 2 aromatic carbocycles. The average molecular weight is 551 g/mol. The van der Waals surface area contributed by atoms with E-state index in [4.69, 9.17) is 15.6 Å². The van der Waals surface area contributed by atoms with Crippen LogP contribution in [0, 0.1) is 20.2 Å². The number of aliphatic carboxylic acids is 1.